The molecule has 0 aliphatic carbocycles. The summed E-state index contributed by atoms with van der Waals surface area (Å²) < 4.78 is 0. The van der Waals surface area contributed by atoms with E-state index in [1.165, 1.54) is 0 Å². The second kappa shape index (κ2) is 8.70. The lowest BCUT2D eigenvalue weighted by Crippen LogP contribution is -2.42. The first-order chi connectivity index (χ1) is 10.0. The molecule has 0 radical (unpaired) electrons. The third-order valence-corrected chi connectivity index (χ3v) is 2.72. The van der Waals surface area contributed by atoms with Crippen molar-refractivity contribution in [3.63, 3.8) is 0 Å². The fourth-order valence-corrected chi connectivity index (χ4v) is 1.63. The van der Waals surface area contributed by atoms with Gasteiger partial charge in [-0.15, -0.1) is 0 Å². The Bertz CT molecular complexity index is 489. The molecule has 1 atom stereocenters. The Morgan fingerprint density at radius 1 is 1.14 bits per heavy atom. The maximum Gasteiger partial charge on any atom is 0.326 e. The van der Waals surface area contributed by atoms with Crippen molar-refractivity contribution in [1.29, 1.82) is 0 Å². The fourth-order valence-electron chi connectivity index (χ4n) is 1.63. The standard InChI is InChI=1S/C14H18N2O5/c17-9-7-11(14(20)21)16-12(18)6-8-15-13(19)10-4-2-1-3-5-10/h1-5,11,17H,6-9H2,(H,15,19)(H,16,18)(H,20,21). The maximum absolute atomic E-state index is 11.7. The Morgan fingerprint density at radius 2 is 1.81 bits per heavy atom. The maximum atomic E-state index is 11.7. The van der Waals surface area contributed by atoms with Crippen LogP contribution >= 0.6 is 0 Å². The molecule has 1 aromatic rings. The van der Waals surface area contributed by atoms with Crippen molar-refractivity contribution in [2.24, 2.45) is 0 Å². The molecule has 4 N–H and O–H groups in total. The van der Waals surface area contributed by atoms with Crippen LogP contribution < -0.4 is 10.6 Å². The number of carbonyl (C=O) groups is 3. The molecule has 0 aliphatic rings. The summed E-state index contributed by atoms with van der Waals surface area (Å²) in [7, 11) is 0. The zero-order chi connectivity index (χ0) is 15.7. The van der Waals surface area contributed by atoms with E-state index in [4.69, 9.17) is 10.2 Å². The average molecular weight is 294 g/mol. The molecule has 1 aromatic carbocycles. The number of benzene rings is 1. The van der Waals surface area contributed by atoms with Crippen LogP contribution in [0, 0.1) is 0 Å². The van der Waals surface area contributed by atoms with Gasteiger partial charge in [-0.3, -0.25) is 9.59 Å². The van der Waals surface area contributed by atoms with E-state index >= 15 is 0 Å². The molecule has 21 heavy (non-hydrogen) atoms. The minimum atomic E-state index is -1.20. The molecule has 0 fully saturated rings. The first-order valence-corrected chi connectivity index (χ1v) is 6.51. The first-order valence-electron chi connectivity index (χ1n) is 6.51. The molecule has 7 heteroatoms. The molecule has 0 heterocycles. The Morgan fingerprint density at radius 3 is 2.38 bits per heavy atom. The second-order valence-electron chi connectivity index (χ2n) is 4.34. The number of amides is 2. The third-order valence-electron chi connectivity index (χ3n) is 2.72. The highest BCUT2D eigenvalue weighted by atomic mass is 16.4. The highest BCUT2D eigenvalue weighted by Crippen LogP contribution is 1.98. The topological polar surface area (TPSA) is 116 Å². The molecule has 0 aromatic heterocycles. The predicted molar refractivity (Wildman–Crippen MR) is 74.7 cm³/mol. The van der Waals surface area contributed by atoms with Crippen molar-refractivity contribution < 1.29 is 24.6 Å². The van der Waals surface area contributed by atoms with Crippen LogP contribution in [-0.2, 0) is 9.59 Å². The average Bonchev–Trinajstić information content (AvgIpc) is 2.47. The van der Waals surface area contributed by atoms with Crippen molar-refractivity contribution in [1.82, 2.24) is 10.6 Å². The molecular formula is C14H18N2O5. The smallest absolute Gasteiger partial charge is 0.326 e. The molecule has 0 saturated heterocycles. The van der Waals surface area contributed by atoms with E-state index in [9.17, 15) is 14.4 Å². The van der Waals surface area contributed by atoms with Crippen LogP contribution in [0.25, 0.3) is 0 Å². The van der Waals surface area contributed by atoms with Gasteiger partial charge in [-0.1, -0.05) is 18.2 Å². The molecule has 1 rings (SSSR count). The number of aliphatic hydroxyl groups excluding tert-OH is 1. The lowest BCUT2D eigenvalue weighted by Gasteiger charge is -2.13. The SMILES string of the molecule is O=C(CCNC(=O)c1ccccc1)NC(CCO)C(=O)O. The summed E-state index contributed by atoms with van der Waals surface area (Å²) in [5.41, 5.74) is 0.488. The van der Waals surface area contributed by atoms with Gasteiger partial charge in [-0.05, 0) is 12.1 Å². The van der Waals surface area contributed by atoms with Gasteiger partial charge in [-0.25, -0.2) is 4.79 Å². The second-order valence-corrected chi connectivity index (χ2v) is 4.34. The van der Waals surface area contributed by atoms with Crippen molar-refractivity contribution in [3.8, 4) is 0 Å². The number of hydrogen-bond donors (Lipinski definition) is 4. The first kappa shape index (κ1) is 16.6. The third kappa shape index (κ3) is 6.05. The highest BCUT2D eigenvalue weighted by Gasteiger charge is 2.18. The number of nitrogens with one attached hydrogen (secondary N) is 2. The van der Waals surface area contributed by atoms with E-state index in [0.29, 0.717) is 5.56 Å². The summed E-state index contributed by atoms with van der Waals surface area (Å²) in [6, 6.07) is 7.43. The number of aliphatic hydroxyl groups is 1. The predicted octanol–water partition coefficient (Wildman–Crippen LogP) is -0.242. The quantitative estimate of drug-likeness (QED) is 0.528. The van der Waals surface area contributed by atoms with Crippen LogP contribution in [0.4, 0.5) is 0 Å². The van der Waals surface area contributed by atoms with Crippen LogP contribution in [0.1, 0.15) is 23.2 Å². The lowest BCUT2D eigenvalue weighted by atomic mass is 10.2. The summed E-state index contributed by atoms with van der Waals surface area (Å²) in [5.74, 6) is -2.00. The molecule has 2 amide bonds. The molecule has 1 unspecified atom stereocenters. The minimum absolute atomic E-state index is 0.0339. The molecule has 0 bridgehead atoms. The minimum Gasteiger partial charge on any atom is -0.480 e. The lowest BCUT2D eigenvalue weighted by molar-refractivity contribution is -0.142. The fraction of sp³-hybridized carbons (Fsp3) is 0.357. The Kier molecular flexibility index (Phi) is 6.90. The van der Waals surface area contributed by atoms with E-state index in [-0.39, 0.29) is 31.9 Å². The number of carboxylic acid groups (broad SMARTS) is 1. The van der Waals surface area contributed by atoms with Crippen LogP contribution in [-0.4, -0.2) is 47.2 Å². The molecule has 0 spiro atoms. The monoisotopic (exact) mass is 294 g/mol. The Hall–Kier alpha value is -2.41. The summed E-state index contributed by atoms with van der Waals surface area (Å²) in [6.45, 7) is -0.229. The van der Waals surface area contributed by atoms with Crippen LogP contribution in [0.2, 0.25) is 0 Å². The summed E-state index contributed by atoms with van der Waals surface area (Å²) in [6.07, 6.45) is -0.0920. The van der Waals surface area contributed by atoms with Gasteiger partial charge in [0, 0.05) is 31.6 Å². The zero-order valence-corrected chi connectivity index (χ0v) is 11.4. The molecule has 7 nitrogen and oxygen atoms in total. The summed E-state index contributed by atoms with van der Waals surface area (Å²) in [4.78, 5) is 34.0. The molecular weight excluding hydrogens is 276 g/mol. The van der Waals surface area contributed by atoms with Gasteiger partial charge in [0.25, 0.3) is 5.91 Å². The number of carboxylic acids is 1. The van der Waals surface area contributed by atoms with Crippen molar-refractivity contribution in [2.75, 3.05) is 13.2 Å². The van der Waals surface area contributed by atoms with E-state index in [1.54, 1.807) is 30.3 Å². The molecule has 114 valence electrons. The highest BCUT2D eigenvalue weighted by molar-refractivity contribution is 5.94. The van der Waals surface area contributed by atoms with E-state index < -0.39 is 17.9 Å². The Labute approximate surface area is 122 Å². The summed E-state index contributed by atoms with van der Waals surface area (Å²) >= 11 is 0. The van der Waals surface area contributed by atoms with Gasteiger partial charge >= 0.3 is 5.97 Å². The Balaban J connectivity index is 2.33. The summed E-state index contributed by atoms with van der Waals surface area (Å²) in [5, 5.41) is 22.4. The van der Waals surface area contributed by atoms with E-state index in [0.717, 1.165) is 0 Å². The van der Waals surface area contributed by atoms with Crippen LogP contribution in [0.3, 0.4) is 0 Å². The van der Waals surface area contributed by atoms with E-state index in [2.05, 4.69) is 10.6 Å². The van der Waals surface area contributed by atoms with Crippen LogP contribution in [0.5, 0.6) is 0 Å². The molecule has 0 saturated carbocycles. The number of rotatable bonds is 8. The van der Waals surface area contributed by atoms with Crippen molar-refractivity contribution >= 4 is 17.8 Å². The van der Waals surface area contributed by atoms with Crippen LogP contribution in [0.15, 0.2) is 30.3 Å². The number of carbonyl (C=O) groups excluding carboxylic acids is 2. The van der Waals surface area contributed by atoms with Gasteiger partial charge < -0.3 is 20.8 Å². The normalized spacial score (nSPS) is 11.5. The van der Waals surface area contributed by atoms with Gasteiger partial charge in [0.2, 0.25) is 5.91 Å². The largest absolute Gasteiger partial charge is 0.480 e. The zero-order valence-electron chi connectivity index (χ0n) is 11.4. The molecule has 0 aliphatic heterocycles. The number of aliphatic carboxylic acids is 1. The van der Waals surface area contributed by atoms with Gasteiger partial charge in [0.1, 0.15) is 6.04 Å². The van der Waals surface area contributed by atoms with Gasteiger partial charge in [0.05, 0.1) is 0 Å². The van der Waals surface area contributed by atoms with Crippen molar-refractivity contribution in [3.05, 3.63) is 35.9 Å². The number of hydrogen-bond acceptors (Lipinski definition) is 4. The van der Waals surface area contributed by atoms with Gasteiger partial charge in [0.15, 0.2) is 0 Å². The van der Waals surface area contributed by atoms with Crippen molar-refractivity contribution in [2.45, 2.75) is 18.9 Å². The van der Waals surface area contributed by atoms with E-state index in [1.807, 2.05) is 0 Å². The van der Waals surface area contributed by atoms with Gasteiger partial charge in [-0.2, -0.15) is 0 Å².